The summed E-state index contributed by atoms with van der Waals surface area (Å²) in [5.41, 5.74) is -1.02. The molecular formula is C28H35NO5S2. The summed E-state index contributed by atoms with van der Waals surface area (Å²) in [6.45, 7) is 9.90. The second-order valence-electron chi connectivity index (χ2n) is 10.5. The molecule has 1 aromatic carbocycles. The van der Waals surface area contributed by atoms with E-state index in [1.165, 1.54) is 22.7 Å². The van der Waals surface area contributed by atoms with Crippen LogP contribution in [0.1, 0.15) is 56.4 Å². The van der Waals surface area contributed by atoms with Crippen molar-refractivity contribution >= 4 is 28.8 Å². The number of carbonyl (C=O) groups excluding carboxylic acids is 1. The normalized spacial score (nSPS) is 18.7. The zero-order valence-electron chi connectivity index (χ0n) is 21.5. The summed E-state index contributed by atoms with van der Waals surface area (Å²) in [5, 5.41) is 16.2. The zero-order valence-corrected chi connectivity index (χ0v) is 23.1. The first-order valence-electron chi connectivity index (χ1n) is 12.1. The number of hydrogen-bond acceptors (Lipinski definition) is 7. The van der Waals surface area contributed by atoms with Crippen LogP contribution in [0.5, 0.6) is 0 Å². The van der Waals surface area contributed by atoms with Crippen molar-refractivity contribution < 1.29 is 24.1 Å². The maximum atomic E-state index is 13.7. The fourth-order valence-corrected chi connectivity index (χ4v) is 6.18. The van der Waals surface area contributed by atoms with Crippen molar-refractivity contribution in [3.05, 3.63) is 80.7 Å². The lowest BCUT2D eigenvalue weighted by Crippen LogP contribution is -2.52. The van der Waals surface area contributed by atoms with Crippen LogP contribution in [0, 0.1) is 0 Å². The van der Waals surface area contributed by atoms with Gasteiger partial charge in [0, 0.05) is 22.7 Å². The first kappa shape index (κ1) is 26.8. The maximum Gasteiger partial charge on any atom is 0.410 e. The molecule has 0 saturated carbocycles. The molecule has 6 nitrogen and oxygen atoms in total. The van der Waals surface area contributed by atoms with Crippen molar-refractivity contribution in [2.45, 2.75) is 76.7 Å². The van der Waals surface area contributed by atoms with E-state index in [0.717, 1.165) is 15.3 Å². The summed E-state index contributed by atoms with van der Waals surface area (Å²) >= 11 is 2.99. The summed E-state index contributed by atoms with van der Waals surface area (Å²) in [5.74, 6) is -0.792. The Bertz CT molecular complexity index is 1070. The van der Waals surface area contributed by atoms with Crippen molar-refractivity contribution in [3.8, 4) is 0 Å². The van der Waals surface area contributed by atoms with E-state index < -0.39 is 35.2 Å². The minimum absolute atomic E-state index is 0.226. The molecule has 1 aliphatic rings. The highest BCUT2D eigenvalue weighted by Crippen LogP contribution is 2.42. The highest BCUT2D eigenvalue weighted by molar-refractivity contribution is 7.11. The number of thiophene rings is 2. The Morgan fingerprint density at radius 3 is 2.17 bits per heavy atom. The molecule has 2 atom stereocenters. The van der Waals surface area contributed by atoms with E-state index in [1.807, 2.05) is 100.0 Å². The second kappa shape index (κ2) is 10.6. The molecule has 0 unspecified atom stereocenters. The Labute approximate surface area is 221 Å². The van der Waals surface area contributed by atoms with Gasteiger partial charge in [-0.25, -0.2) is 4.79 Å². The number of carbonyl (C=O) groups is 1. The van der Waals surface area contributed by atoms with Crippen molar-refractivity contribution in [3.63, 3.8) is 0 Å². The molecule has 0 bridgehead atoms. The molecule has 0 aliphatic carbocycles. The van der Waals surface area contributed by atoms with Gasteiger partial charge in [-0.2, -0.15) is 0 Å². The smallest absolute Gasteiger partial charge is 0.410 e. The number of nitrogens with zero attached hydrogens (tertiary/aromatic N) is 1. The summed E-state index contributed by atoms with van der Waals surface area (Å²) in [7, 11) is 0. The van der Waals surface area contributed by atoms with Gasteiger partial charge in [-0.05, 0) is 63.1 Å². The summed E-state index contributed by atoms with van der Waals surface area (Å²) < 4.78 is 18.1. The molecule has 2 aromatic heterocycles. The SMILES string of the molecule is CC(C)(C)OC(=O)N(Cc1ccccc1)[C@H](CC(O)(c1cccs1)c1cccs1)[C@H]1COC(C)(C)O1. The van der Waals surface area contributed by atoms with Gasteiger partial charge in [0.1, 0.15) is 17.3 Å². The molecule has 8 heteroatoms. The number of benzene rings is 1. The van der Waals surface area contributed by atoms with Crippen LogP contribution >= 0.6 is 22.7 Å². The Balaban J connectivity index is 1.78. The Morgan fingerprint density at radius 1 is 1.08 bits per heavy atom. The first-order chi connectivity index (χ1) is 17.0. The van der Waals surface area contributed by atoms with Crippen LogP contribution in [-0.2, 0) is 26.4 Å². The van der Waals surface area contributed by atoms with Gasteiger partial charge in [-0.1, -0.05) is 42.5 Å². The van der Waals surface area contributed by atoms with Gasteiger partial charge < -0.3 is 19.3 Å². The van der Waals surface area contributed by atoms with Crippen molar-refractivity contribution in [1.29, 1.82) is 0 Å². The summed E-state index contributed by atoms with van der Waals surface area (Å²) in [4.78, 5) is 17.0. The van der Waals surface area contributed by atoms with E-state index >= 15 is 0 Å². The topological polar surface area (TPSA) is 68.2 Å². The van der Waals surface area contributed by atoms with Crippen molar-refractivity contribution in [1.82, 2.24) is 4.90 Å². The number of ether oxygens (including phenoxy) is 3. The molecule has 3 heterocycles. The van der Waals surface area contributed by atoms with E-state index in [-0.39, 0.29) is 6.42 Å². The average Bonchev–Trinajstić information content (AvgIpc) is 3.58. The van der Waals surface area contributed by atoms with Crippen molar-refractivity contribution in [2.75, 3.05) is 6.61 Å². The molecule has 1 aliphatic heterocycles. The third kappa shape index (κ3) is 6.36. The minimum atomic E-state index is -1.31. The van der Waals surface area contributed by atoms with Crippen LogP contribution in [0.2, 0.25) is 0 Å². The Hall–Kier alpha value is -2.23. The van der Waals surface area contributed by atoms with Crippen LogP contribution in [0.4, 0.5) is 4.79 Å². The third-order valence-electron chi connectivity index (χ3n) is 6.05. The Morgan fingerprint density at radius 2 is 1.69 bits per heavy atom. The molecule has 1 N–H and O–H groups in total. The second-order valence-corrected chi connectivity index (χ2v) is 12.4. The highest BCUT2D eigenvalue weighted by atomic mass is 32.1. The fraction of sp³-hybridized carbons (Fsp3) is 0.464. The van der Waals surface area contributed by atoms with Gasteiger partial charge in [0.05, 0.1) is 12.6 Å². The van der Waals surface area contributed by atoms with Crippen LogP contribution in [0.3, 0.4) is 0 Å². The maximum absolute atomic E-state index is 13.7. The van der Waals surface area contributed by atoms with Gasteiger partial charge in [-0.15, -0.1) is 22.7 Å². The van der Waals surface area contributed by atoms with Crippen LogP contribution in [-0.4, -0.2) is 46.2 Å². The van der Waals surface area contributed by atoms with Gasteiger partial charge >= 0.3 is 6.09 Å². The lowest BCUT2D eigenvalue weighted by molar-refractivity contribution is -0.149. The van der Waals surface area contributed by atoms with Crippen LogP contribution < -0.4 is 0 Å². The molecule has 194 valence electrons. The lowest BCUT2D eigenvalue weighted by Gasteiger charge is -2.40. The monoisotopic (exact) mass is 529 g/mol. The fourth-order valence-electron chi connectivity index (χ4n) is 4.42. The number of rotatable bonds is 8. The number of hydrogen-bond donors (Lipinski definition) is 1. The number of amides is 1. The predicted octanol–water partition coefficient (Wildman–Crippen LogP) is 6.39. The molecule has 36 heavy (non-hydrogen) atoms. The van der Waals surface area contributed by atoms with Gasteiger partial charge in [-0.3, -0.25) is 4.90 Å². The Kier molecular flexibility index (Phi) is 7.92. The molecule has 1 fully saturated rings. The molecule has 1 saturated heterocycles. The average molecular weight is 530 g/mol. The number of aliphatic hydroxyl groups is 1. The third-order valence-corrected chi connectivity index (χ3v) is 8.09. The lowest BCUT2D eigenvalue weighted by atomic mass is 9.88. The van der Waals surface area contributed by atoms with Crippen LogP contribution in [0.25, 0.3) is 0 Å². The van der Waals surface area contributed by atoms with Gasteiger partial charge in [0.25, 0.3) is 0 Å². The molecule has 0 radical (unpaired) electrons. The predicted molar refractivity (Wildman–Crippen MR) is 143 cm³/mol. The summed E-state index contributed by atoms with van der Waals surface area (Å²) in [6, 6.07) is 17.0. The first-order valence-corrected chi connectivity index (χ1v) is 13.9. The summed E-state index contributed by atoms with van der Waals surface area (Å²) in [6.07, 6.45) is -0.684. The molecular weight excluding hydrogens is 494 g/mol. The highest BCUT2D eigenvalue weighted by Gasteiger charge is 2.47. The van der Waals surface area contributed by atoms with Crippen molar-refractivity contribution in [2.24, 2.45) is 0 Å². The van der Waals surface area contributed by atoms with E-state index in [9.17, 15) is 9.90 Å². The molecule has 3 aromatic rings. The van der Waals surface area contributed by atoms with Gasteiger partial charge in [0.2, 0.25) is 0 Å². The van der Waals surface area contributed by atoms with E-state index in [2.05, 4.69) is 0 Å². The molecule has 4 rings (SSSR count). The standard InChI is InChI=1S/C28H35NO5S2/c1-26(2,3)34-25(30)29(18-20-11-7-6-8-12-20)21(22-19-32-27(4,5)33-22)17-28(31,23-13-9-15-35-23)24-14-10-16-36-24/h6-16,21-22,31H,17-19H2,1-5H3/t21-,22-/m1/s1. The van der Waals surface area contributed by atoms with Crippen LogP contribution in [0.15, 0.2) is 65.4 Å². The van der Waals surface area contributed by atoms with E-state index in [0.29, 0.717) is 13.2 Å². The van der Waals surface area contributed by atoms with Gasteiger partial charge in [0.15, 0.2) is 5.79 Å². The molecule has 0 spiro atoms. The largest absolute Gasteiger partial charge is 0.444 e. The minimum Gasteiger partial charge on any atom is -0.444 e. The zero-order chi connectivity index (χ0) is 26.0. The quantitative estimate of drug-likeness (QED) is 0.366. The molecule has 1 amide bonds. The van der Waals surface area contributed by atoms with E-state index in [4.69, 9.17) is 14.2 Å². The van der Waals surface area contributed by atoms with E-state index in [1.54, 1.807) is 4.90 Å².